The van der Waals surface area contributed by atoms with Crippen LogP contribution in [0.5, 0.6) is 0 Å². The van der Waals surface area contributed by atoms with E-state index in [0.29, 0.717) is 0 Å². The van der Waals surface area contributed by atoms with Crippen LogP contribution in [0, 0.1) is 0 Å². The first-order chi connectivity index (χ1) is 7.75. The van der Waals surface area contributed by atoms with Crippen molar-refractivity contribution in [3.05, 3.63) is 41.8 Å². The average molecular weight is 219 g/mol. The van der Waals surface area contributed by atoms with Crippen molar-refractivity contribution in [3.8, 4) is 0 Å². The summed E-state index contributed by atoms with van der Waals surface area (Å²) in [7, 11) is 0. The van der Waals surface area contributed by atoms with Crippen molar-refractivity contribution in [2.75, 3.05) is 5.73 Å². The van der Waals surface area contributed by atoms with Crippen LogP contribution in [0.3, 0.4) is 0 Å². The molecule has 6 heteroatoms. The quantitative estimate of drug-likeness (QED) is 0.774. The Morgan fingerprint density at radius 1 is 1.31 bits per heavy atom. The van der Waals surface area contributed by atoms with Crippen LogP contribution in [-0.4, -0.2) is 16.2 Å². The second-order valence-corrected chi connectivity index (χ2v) is 3.01. The highest BCUT2D eigenvalue weighted by Crippen LogP contribution is 2.05. The predicted molar refractivity (Wildman–Crippen MR) is 54.3 cm³/mol. The number of esters is 1. The summed E-state index contributed by atoms with van der Waals surface area (Å²) in [6, 6.07) is 9.11. The highest BCUT2D eigenvalue weighted by molar-refractivity contribution is 5.84. The minimum absolute atomic E-state index is 0.155. The first kappa shape index (κ1) is 10.2. The molecule has 0 bridgehead atoms. The van der Waals surface area contributed by atoms with E-state index in [1.807, 2.05) is 30.3 Å². The van der Waals surface area contributed by atoms with Gasteiger partial charge in [0.15, 0.2) is 0 Å². The molecule has 0 radical (unpaired) electrons. The minimum atomic E-state index is -0.687. The van der Waals surface area contributed by atoms with Crippen molar-refractivity contribution in [1.82, 2.24) is 10.2 Å². The molecule has 0 amide bonds. The van der Waals surface area contributed by atoms with Gasteiger partial charge in [-0.2, -0.15) is 0 Å². The molecule has 0 aliphatic rings. The number of nitrogens with zero attached hydrogens (tertiary/aromatic N) is 2. The number of hydrogen-bond acceptors (Lipinski definition) is 6. The number of ether oxygens (including phenoxy) is 1. The number of anilines is 1. The Balaban J connectivity index is 1.94. The molecule has 0 aliphatic heterocycles. The van der Waals surface area contributed by atoms with Crippen molar-refractivity contribution < 1.29 is 13.9 Å². The molecule has 0 unspecified atom stereocenters. The van der Waals surface area contributed by atoms with Crippen molar-refractivity contribution >= 4 is 12.0 Å². The normalized spacial score (nSPS) is 10.0. The number of carbonyl (C=O) groups is 1. The van der Waals surface area contributed by atoms with Crippen molar-refractivity contribution in [3.63, 3.8) is 0 Å². The molecule has 0 spiro atoms. The van der Waals surface area contributed by atoms with Crippen LogP contribution in [0.25, 0.3) is 0 Å². The van der Waals surface area contributed by atoms with Crippen LogP contribution in [-0.2, 0) is 11.3 Å². The molecule has 0 aliphatic carbocycles. The van der Waals surface area contributed by atoms with Crippen molar-refractivity contribution in [2.45, 2.75) is 6.61 Å². The maximum Gasteiger partial charge on any atom is 0.396 e. The van der Waals surface area contributed by atoms with E-state index in [4.69, 9.17) is 14.9 Å². The summed E-state index contributed by atoms with van der Waals surface area (Å²) in [5, 5.41) is 6.76. The van der Waals surface area contributed by atoms with Crippen LogP contribution in [0.4, 0.5) is 6.01 Å². The molecular formula is C10H9N3O3. The largest absolute Gasteiger partial charge is 0.454 e. The zero-order valence-corrected chi connectivity index (χ0v) is 8.29. The van der Waals surface area contributed by atoms with Crippen LogP contribution in [0.15, 0.2) is 34.7 Å². The van der Waals surface area contributed by atoms with Gasteiger partial charge < -0.3 is 14.9 Å². The zero-order valence-electron chi connectivity index (χ0n) is 8.29. The van der Waals surface area contributed by atoms with Gasteiger partial charge in [0.25, 0.3) is 0 Å². The van der Waals surface area contributed by atoms with Crippen molar-refractivity contribution in [1.29, 1.82) is 0 Å². The summed E-state index contributed by atoms with van der Waals surface area (Å²) in [6.07, 6.45) is 0. The van der Waals surface area contributed by atoms with E-state index < -0.39 is 5.97 Å². The van der Waals surface area contributed by atoms with Gasteiger partial charge in [0, 0.05) is 0 Å². The molecular weight excluding hydrogens is 210 g/mol. The third-order valence-corrected chi connectivity index (χ3v) is 1.83. The molecule has 2 N–H and O–H groups in total. The first-order valence-corrected chi connectivity index (χ1v) is 4.56. The number of benzene rings is 1. The third kappa shape index (κ3) is 2.35. The van der Waals surface area contributed by atoms with Gasteiger partial charge in [-0.15, -0.1) is 0 Å². The summed E-state index contributed by atoms with van der Waals surface area (Å²) in [5.74, 6) is -0.929. The third-order valence-electron chi connectivity index (χ3n) is 1.83. The Labute approximate surface area is 91.0 Å². The lowest BCUT2D eigenvalue weighted by molar-refractivity contribution is 0.0427. The fourth-order valence-corrected chi connectivity index (χ4v) is 1.10. The van der Waals surface area contributed by atoms with Crippen molar-refractivity contribution in [2.24, 2.45) is 0 Å². The molecule has 1 aromatic heterocycles. The zero-order chi connectivity index (χ0) is 11.4. The lowest BCUT2D eigenvalue weighted by Gasteiger charge is -2.01. The maximum absolute atomic E-state index is 11.4. The summed E-state index contributed by atoms with van der Waals surface area (Å²) in [6.45, 7) is 0.155. The summed E-state index contributed by atoms with van der Waals surface area (Å²) < 4.78 is 9.65. The number of rotatable bonds is 3. The molecule has 0 atom stereocenters. The maximum atomic E-state index is 11.4. The molecule has 0 saturated heterocycles. The molecule has 2 aromatic rings. The number of nitrogens with two attached hydrogens (primary N) is 1. The number of carbonyl (C=O) groups excluding carboxylic acids is 1. The Kier molecular flexibility index (Phi) is 2.81. The van der Waals surface area contributed by atoms with Crippen LogP contribution in [0.1, 0.15) is 16.2 Å². The predicted octanol–water partition coefficient (Wildman–Crippen LogP) is 1.01. The molecule has 0 saturated carbocycles. The first-order valence-electron chi connectivity index (χ1n) is 4.56. The minimum Gasteiger partial charge on any atom is -0.454 e. The average Bonchev–Trinajstić information content (AvgIpc) is 2.74. The van der Waals surface area contributed by atoms with E-state index in [2.05, 4.69) is 10.2 Å². The molecule has 16 heavy (non-hydrogen) atoms. The van der Waals surface area contributed by atoms with Crippen LogP contribution in [0.2, 0.25) is 0 Å². The summed E-state index contributed by atoms with van der Waals surface area (Å²) in [5.41, 5.74) is 6.05. The van der Waals surface area contributed by atoms with Gasteiger partial charge in [0.2, 0.25) is 0 Å². The number of hydrogen-bond donors (Lipinski definition) is 1. The molecule has 0 fully saturated rings. The molecule has 1 aromatic carbocycles. The van der Waals surface area contributed by atoms with E-state index in [1.165, 1.54) is 0 Å². The fourth-order valence-electron chi connectivity index (χ4n) is 1.10. The van der Waals surface area contributed by atoms with Gasteiger partial charge in [0.1, 0.15) is 6.61 Å². The lowest BCUT2D eigenvalue weighted by atomic mass is 10.2. The number of aromatic nitrogens is 2. The lowest BCUT2D eigenvalue weighted by Crippen LogP contribution is -2.05. The van der Waals surface area contributed by atoms with Gasteiger partial charge in [-0.05, 0) is 5.56 Å². The standard InChI is InChI=1S/C10H9N3O3/c11-10-13-12-8(16-10)9(14)15-6-7-4-2-1-3-5-7/h1-5H,6H2,(H2,11,13). The molecule has 6 nitrogen and oxygen atoms in total. The monoisotopic (exact) mass is 219 g/mol. The molecule has 2 rings (SSSR count). The van der Waals surface area contributed by atoms with Gasteiger partial charge in [-0.3, -0.25) is 0 Å². The Morgan fingerprint density at radius 3 is 2.69 bits per heavy atom. The van der Waals surface area contributed by atoms with Gasteiger partial charge in [-0.25, -0.2) is 4.79 Å². The second kappa shape index (κ2) is 4.43. The smallest absolute Gasteiger partial charge is 0.396 e. The second-order valence-electron chi connectivity index (χ2n) is 3.01. The summed E-state index contributed by atoms with van der Waals surface area (Å²) in [4.78, 5) is 11.4. The Hall–Kier alpha value is -2.37. The van der Waals surface area contributed by atoms with Gasteiger partial charge in [0.05, 0.1) is 0 Å². The van der Waals surface area contributed by atoms with E-state index in [0.717, 1.165) is 5.56 Å². The summed E-state index contributed by atoms with van der Waals surface area (Å²) >= 11 is 0. The topological polar surface area (TPSA) is 91.2 Å². The highest BCUT2D eigenvalue weighted by Gasteiger charge is 2.14. The van der Waals surface area contributed by atoms with Gasteiger partial charge in [-0.1, -0.05) is 40.5 Å². The van der Waals surface area contributed by atoms with E-state index in [9.17, 15) is 4.79 Å². The van der Waals surface area contributed by atoms with E-state index in [1.54, 1.807) is 0 Å². The van der Waals surface area contributed by atoms with E-state index >= 15 is 0 Å². The number of nitrogen functional groups attached to an aromatic ring is 1. The van der Waals surface area contributed by atoms with E-state index in [-0.39, 0.29) is 18.5 Å². The SMILES string of the molecule is Nc1nnc(C(=O)OCc2ccccc2)o1. The van der Waals surface area contributed by atoms with Crippen LogP contribution >= 0.6 is 0 Å². The molecule has 1 heterocycles. The highest BCUT2D eigenvalue weighted by atomic mass is 16.5. The fraction of sp³-hybridized carbons (Fsp3) is 0.100. The van der Waals surface area contributed by atoms with Gasteiger partial charge >= 0.3 is 17.9 Å². The molecule has 82 valence electrons. The Bertz CT molecular complexity index is 481. The van der Waals surface area contributed by atoms with Crippen LogP contribution < -0.4 is 5.73 Å². The Morgan fingerprint density at radius 2 is 2.06 bits per heavy atom.